The standard InChI is InChI=1S/C19H28O2/c1-4-5-6-7-8-9-10-17(20)15-11-12-18-16(13-15)19(2,3)14-21-18/h11-13H,4-10,14H2,1-3H3. The van der Waals surface area contributed by atoms with Crippen LogP contribution in [0, 0.1) is 0 Å². The molecule has 1 aliphatic heterocycles. The van der Waals surface area contributed by atoms with Crippen LogP contribution >= 0.6 is 0 Å². The number of hydrogen-bond acceptors (Lipinski definition) is 2. The number of rotatable bonds is 8. The first-order chi connectivity index (χ1) is 10.0. The zero-order chi connectivity index (χ0) is 15.3. The lowest BCUT2D eigenvalue weighted by Crippen LogP contribution is -2.18. The van der Waals surface area contributed by atoms with Crippen LogP contribution in [-0.2, 0) is 5.41 Å². The van der Waals surface area contributed by atoms with Gasteiger partial charge in [0, 0.05) is 23.0 Å². The van der Waals surface area contributed by atoms with Gasteiger partial charge in [-0.2, -0.15) is 0 Å². The minimum Gasteiger partial charge on any atom is -0.492 e. The summed E-state index contributed by atoms with van der Waals surface area (Å²) in [5.74, 6) is 1.21. The summed E-state index contributed by atoms with van der Waals surface area (Å²) in [5.41, 5.74) is 2.04. The van der Waals surface area contributed by atoms with Crippen molar-refractivity contribution in [2.45, 2.75) is 71.1 Å². The van der Waals surface area contributed by atoms with E-state index >= 15 is 0 Å². The van der Waals surface area contributed by atoms with Gasteiger partial charge < -0.3 is 4.74 Å². The van der Waals surface area contributed by atoms with Crippen molar-refractivity contribution >= 4 is 5.78 Å². The molecule has 116 valence electrons. The third-order valence-electron chi connectivity index (χ3n) is 4.38. The van der Waals surface area contributed by atoms with Crippen LogP contribution in [0.15, 0.2) is 18.2 Å². The lowest BCUT2D eigenvalue weighted by Gasteiger charge is -2.15. The van der Waals surface area contributed by atoms with Crippen LogP contribution in [0.2, 0.25) is 0 Å². The van der Waals surface area contributed by atoms with E-state index in [2.05, 4.69) is 20.8 Å². The summed E-state index contributed by atoms with van der Waals surface area (Å²) in [6.07, 6.45) is 8.00. The van der Waals surface area contributed by atoms with Crippen LogP contribution in [0.3, 0.4) is 0 Å². The highest BCUT2D eigenvalue weighted by atomic mass is 16.5. The normalized spacial score (nSPS) is 15.6. The molecule has 1 aromatic carbocycles. The van der Waals surface area contributed by atoms with E-state index in [0.29, 0.717) is 13.0 Å². The number of ketones is 1. The Hall–Kier alpha value is -1.31. The van der Waals surface area contributed by atoms with Gasteiger partial charge in [0.05, 0.1) is 6.61 Å². The van der Waals surface area contributed by atoms with Crippen LogP contribution in [0.4, 0.5) is 0 Å². The zero-order valence-corrected chi connectivity index (χ0v) is 13.7. The fourth-order valence-corrected chi connectivity index (χ4v) is 2.90. The van der Waals surface area contributed by atoms with Gasteiger partial charge in [0.25, 0.3) is 0 Å². The van der Waals surface area contributed by atoms with E-state index in [0.717, 1.165) is 17.7 Å². The van der Waals surface area contributed by atoms with Crippen molar-refractivity contribution in [3.8, 4) is 5.75 Å². The van der Waals surface area contributed by atoms with Crippen molar-refractivity contribution in [1.82, 2.24) is 0 Å². The Kier molecular flexibility index (Phi) is 5.44. The first-order valence-electron chi connectivity index (χ1n) is 8.35. The fraction of sp³-hybridized carbons (Fsp3) is 0.632. The number of hydrogen-bond donors (Lipinski definition) is 0. The van der Waals surface area contributed by atoms with Crippen LogP contribution in [0.25, 0.3) is 0 Å². The maximum Gasteiger partial charge on any atom is 0.162 e. The molecule has 0 fully saturated rings. The number of Topliss-reactive ketones (excluding diaryl/α,β-unsaturated/α-hetero) is 1. The molecule has 0 unspecified atom stereocenters. The van der Waals surface area contributed by atoms with Crippen molar-refractivity contribution in [3.05, 3.63) is 29.3 Å². The Bertz CT molecular complexity index is 488. The lowest BCUT2D eigenvalue weighted by molar-refractivity contribution is 0.0979. The largest absolute Gasteiger partial charge is 0.492 e. The second-order valence-corrected chi connectivity index (χ2v) is 6.82. The molecule has 1 aliphatic rings. The predicted molar refractivity (Wildman–Crippen MR) is 87.3 cm³/mol. The Labute approximate surface area is 128 Å². The molecule has 0 bridgehead atoms. The molecule has 0 aromatic heterocycles. The topological polar surface area (TPSA) is 26.3 Å². The van der Waals surface area contributed by atoms with Gasteiger partial charge in [-0.3, -0.25) is 4.79 Å². The molecule has 0 amide bonds. The van der Waals surface area contributed by atoms with E-state index in [1.165, 1.54) is 37.7 Å². The second-order valence-electron chi connectivity index (χ2n) is 6.82. The number of unbranched alkanes of at least 4 members (excludes halogenated alkanes) is 5. The number of ether oxygens (including phenoxy) is 1. The molecule has 0 N–H and O–H groups in total. The first-order valence-corrected chi connectivity index (χ1v) is 8.35. The van der Waals surface area contributed by atoms with E-state index in [-0.39, 0.29) is 11.2 Å². The summed E-state index contributed by atoms with van der Waals surface area (Å²) in [6, 6.07) is 5.92. The Morgan fingerprint density at radius 1 is 1.14 bits per heavy atom. The lowest BCUT2D eigenvalue weighted by atomic mass is 9.85. The van der Waals surface area contributed by atoms with Gasteiger partial charge >= 0.3 is 0 Å². The Morgan fingerprint density at radius 2 is 1.86 bits per heavy atom. The highest BCUT2D eigenvalue weighted by Crippen LogP contribution is 2.38. The molecular formula is C19H28O2. The van der Waals surface area contributed by atoms with Gasteiger partial charge in [-0.1, -0.05) is 52.9 Å². The Morgan fingerprint density at radius 3 is 2.62 bits per heavy atom. The van der Waals surface area contributed by atoms with Crippen molar-refractivity contribution in [1.29, 1.82) is 0 Å². The van der Waals surface area contributed by atoms with Crippen LogP contribution in [0.1, 0.15) is 81.6 Å². The summed E-state index contributed by atoms with van der Waals surface area (Å²) in [5, 5.41) is 0. The van der Waals surface area contributed by atoms with Gasteiger partial charge in [0.15, 0.2) is 5.78 Å². The molecule has 1 heterocycles. The average molecular weight is 288 g/mol. The van der Waals surface area contributed by atoms with E-state index in [1.807, 2.05) is 18.2 Å². The van der Waals surface area contributed by atoms with E-state index in [4.69, 9.17) is 4.74 Å². The summed E-state index contributed by atoms with van der Waals surface area (Å²) >= 11 is 0. The average Bonchev–Trinajstić information content (AvgIpc) is 2.78. The molecule has 1 aromatic rings. The molecule has 2 rings (SSSR count). The minimum atomic E-state index is 0.0196. The highest BCUT2D eigenvalue weighted by Gasteiger charge is 2.32. The molecule has 0 saturated heterocycles. The summed E-state index contributed by atoms with van der Waals surface area (Å²) in [6.45, 7) is 7.27. The summed E-state index contributed by atoms with van der Waals surface area (Å²) in [7, 11) is 0. The van der Waals surface area contributed by atoms with Crippen LogP contribution < -0.4 is 4.74 Å². The molecule has 0 atom stereocenters. The van der Waals surface area contributed by atoms with Gasteiger partial charge in [0.2, 0.25) is 0 Å². The maximum atomic E-state index is 12.3. The predicted octanol–water partition coefficient (Wildman–Crippen LogP) is 5.29. The van der Waals surface area contributed by atoms with Gasteiger partial charge in [-0.15, -0.1) is 0 Å². The molecule has 0 aliphatic carbocycles. The molecule has 21 heavy (non-hydrogen) atoms. The smallest absolute Gasteiger partial charge is 0.162 e. The third-order valence-corrected chi connectivity index (χ3v) is 4.38. The molecule has 0 spiro atoms. The fourth-order valence-electron chi connectivity index (χ4n) is 2.90. The minimum absolute atomic E-state index is 0.0196. The monoisotopic (exact) mass is 288 g/mol. The van der Waals surface area contributed by atoms with Crippen LogP contribution in [-0.4, -0.2) is 12.4 Å². The number of benzene rings is 1. The number of fused-ring (bicyclic) bond motifs is 1. The molecule has 0 saturated carbocycles. The van der Waals surface area contributed by atoms with Gasteiger partial charge in [-0.05, 0) is 24.6 Å². The summed E-state index contributed by atoms with van der Waals surface area (Å²) < 4.78 is 5.67. The summed E-state index contributed by atoms with van der Waals surface area (Å²) in [4.78, 5) is 12.3. The van der Waals surface area contributed by atoms with Crippen molar-refractivity contribution in [2.75, 3.05) is 6.61 Å². The molecule has 0 radical (unpaired) electrons. The molecular weight excluding hydrogens is 260 g/mol. The van der Waals surface area contributed by atoms with Gasteiger partial charge in [-0.25, -0.2) is 0 Å². The van der Waals surface area contributed by atoms with Crippen LogP contribution in [0.5, 0.6) is 5.75 Å². The third kappa shape index (κ3) is 4.09. The quantitative estimate of drug-likeness (QED) is 0.480. The van der Waals surface area contributed by atoms with E-state index in [1.54, 1.807) is 0 Å². The maximum absolute atomic E-state index is 12.3. The SMILES string of the molecule is CCCCCCCCC(=O)c1ccc2c(c1)C(C)(C)CO2. The zero-order valence-electron chi connectivity index (χ0n) is 13.7. The van der Waals surface area contributed by atoms with Crippen molar-refractivity contribution < 1.29 is 9.53 Å². The number of carbonyl (C=O) groups is 1. The van der Waals surface area contributed by atoms with Crippen molar-refractivity contribution in [2.24, 2.45) is 0 Å². The second kappa shape index (κ2) is 7.11. The Balaban J connectivity index is 1.86. The molecule has 2 heteroatoms. The highest BCUT2D eigenvalue weighted by molar-refractivity contribution is 5.96. The molecule has 2 nitrogen and oxygen atoms in total. The van der Waals surface area contributed by atoms with Gasteiger partial charge in [0.1, 0.15) is 5.75 Å². The number of carbonyl (C=O) groups excluding carboxylic acids is 1. The first kappa shape index (κ1) is 16.1. The van der Waals surface area contributed by atoms with E-state index < -0.39 is 0 Å². The van der Waals surface area contributed by atoms with E-state index in [9.17, 15) is 4.79 Å². The van der Waals surface area contributed by atoms with Crippen molar-refractivity contribution in [3.63, 3.8) is 0 Å².